The second-order valence-corrected chi connectivity index (χ2v) is 9.82. The van der Waals surface area contributed by atoms with E-state index < -0.39 is 0 Å². The number of aromatic hydroxyl groups is 4. The molecule has 0 aliphatic carbocycles. The Morgan fingerprint density at radius 3 is 1.73 bits per heavy atom. The van der Waals surface area contributed by atoms with Gasteiger partial charge in [0.25, 0.3) is 0 Å². The summed E-state index contributed by atoms with van der Waals surface area (Å²) in [6.45, 7) is 5.21. The van der Waals surface area contributed by atoms with E-state index in [4.69, 9.17) is 5.11 Å². The average Bonchev–Trinajstić information content (AvgIpc) is 2.89. The summed E-state index contributed by atoms with van der Waals surface area (Å²) in [5.74, 6) is 0.505. The molecule has 0 bridgehead atoms. The van der Waals surface area contributed by atoms with Crippen LogP contribution in [-0.4, -0.2) is 33.0 Å². The maximum atomic E-state index is 9.45. The Hall–Kier alpha value is -3.18. The molecule has 0 aliphatic heterocycles. The lowest BCUT2D eigenvalue weighted by atomic mass is 10.1. The minimum atomic E-state index is -0.0843. The second kappa shape index (κ2) is 17.3. The molecule has 0 aliphatic rings. The van der Waals surface area contributed by atoms with Crippen LogP contribution in [0.3, 0.4) is 0 Å². The fourth-order valence-corrected chi connectivity index (χ4v) is 4.11. The highest BCUT2D eigenvalue weighted by atomic mass is 16.3. The van der Waals surface area contributed by atoms with Crippen LogP contribution < -0.4 is 5.32 Å². The van der Waals surface area contributed by atoms with Gasteiger partial charge in [0.15, 0.2) is 11.5 Å². The highest BCUT2D eigenvalue weighted by Gasteiger charge is 2.04. The third kappa shape index (κ3) is 13.1. The normalized spacial score (nSPS) is 11.5. The number of rotatable bonds is 14. The summed E-state index contributed by atoms with van der Waals surface area (Å²) in [6, 6.07) is 20.2. The minimum Gasteiger partial charge on any atom is -0.508 e. The van der Waals surface area contributed by atoms with Crippen molar-refractivity contribution in [2.24, 2.45) is 0 Å². The van der Waals surface area contributed by atoms with E-state index in [1.54, 1.807) is 30.3 Å². The van der Waals surface area contributed by atoms with Crippen molar-refractivity contribution in [1.29, 1.82) is 0 Å². The summed E-state index contributed by atoms with van der Waals surface area (Å²) in [5, 5.41) is 40.5. The number of hydrogen-bond acceptors (Lipinski definition) is 5. The molecule has 5 N–H and O–H groups in total. The van der Waals surface area contributed by atoms with Gasteiger partial charge in [-0.1, -0.05) is 69.4 Å². The Bertz CT molecular complexity index is 1000. The van der Waals surface area contributed by atoms with Gasteiger partial charge in [0.05, 0.1) is 0 Å². The highest BCUT2D eigenvalue weighted by Crippen LogP contribution is 2.25. The Morgan fingerprint density at radius 2 is 1.14 bits per heavy atom. The molecule has 1 unspecified atom stereocenters. The van der Waals surface area contributed by atoms with Crippen molar-refractivity contribution in [2.75, 3.05) is 6.54 Å². The molecule has 202 valence electrons. The second-order valence-electron chi connectivity index (χ2n) is 9.82. The van der Waals surface area contributed by atoms with E-state index >= 15 is 0 Å². The molecule has 1 atom stereocenters. The van der Waals surface area contributed by atoms with E-state index in [1.165, 1.54) is 55.7 Å². The largest absolute Gasteiger partial charge is 0.508 e. The summed E-state index contributed by atoms with van der Waals surface area (Å²) in [5.41, 5.74) is 3.55. The lowest BCUT2D eigenvalue weighted by Crippen LogP contribution is -2.28. The fourth-order valence-electron chi connectivity index (χ4n) is 4.11. The van der Waals surface area contributed by atoms with Crippen molar-refractivity contribution < 1.29 is 20.4 Å². The number of aryl methyl sites for hydroxylation is 2. The van der Waals surface area contributed by atoms with E-state index in [2.05, 4.69) is 19.2 Å². The molecule has 0 spiro atoms. The molecule has 5 heteroatoms. The zero-order valence-electron chi connectivity index (χ0n) is 22.5. The van der Waals surface area contributed by atoms with Crippen molar-refractivity contribution in [3.8, 4) is 23.0 Å². The number of phenols is 4. The number of phenolic OH excluding ortho intramolecular Hbond substituents is 4. The van der Waals surface area contributed by atoms with Crippen LogP contribution in [0.15, 0.2) is 66.7 Å². The average molecular weight is 508 g/mol. The van der Waals surface area contributed by atoms with Crippen LogP contribution in [0.5, 0.6) is 23.0 Å². The van der Waals surface area contributed by atoms with Crippen molar-refractivity contribution in [2.45, 2.75) is 84.1 Å². The van der Waals surface area contributed by atoms with Gasteiger partial charge in [-0.15, -0.1) is 0 Å². The van der Waals surface area contributed by atoms with Crippen molar-refractivity contribution >= 4 is 0 Å². The molecule has 0 saturated carbocycles. The third-order valence-electron chi connectivity index (χ3n) is 6.50. The molecule has 5 nitrogen and oxygen atoms in total. The van der Waals surface area contributed by atoms with E-state index in [9.17, 15) is 15.3 Å². The highest BCUT2D eigenvalue weighted by molar-refractivity contribution is 5.40. The molecular formula is C32H45NO4. The van der Waals surface area contributed by atoms with E-state index in [1.807, 2.05) is 30.3 Å². The lowest BCUT2D eigenvalue weighted by Gasteiger charge is -2.14. The van der Waals surface area contributed by atoms with E-state index in [0.717, 1.165) is 37.8 Å². The minimum absolute atomic E-state index is 0.0714. The van der Waals surface area contributed by atoms with Crippen molar-refractivity contribution in [1.82, 2.24) is 5.32 Å². The van der Waals surface area contributed by atoms with Crippen LogP contribution in [-0.2, 0) is 19.3 Å². The fraction of sp³-hybridized carbons (Fsp3) is 0.438. The molecule has 0 saturated heterocycles. The van der Waals surface area contributed by atoms with Crippen LogP contribution >= 0.6 is 0 Å². The molecule has 0 radical (unpaired) electrons. The van der Waals surface area contributed by atoms with Gasteiger partial charge in [0.1, 0.15) is 11.5 Å². The first-order chi connectivity index (χ1) is 17.9. The molecule has 0 amide bonds. The van der Waals surface area contributed by atoms with Gasteiger partial charge in [-0.05, 0) is 98.7 Å². The Balaban J connectivity index is 0.000000281. The standard InChI is InChI=1S/C18H23NO3.C14H22O/c1-13(2-3-14-4-7-16(20)8-5-14)19-11-10-15-6-9-17(21)18(22)12-15;1-2-3-4-5-6-7-8-13-9-11-14(15)12-10-13/h4-9,12-13,19-22H,2-3,10-11H2,1H3;9-12,15H,2-8H2,1H3. The quantitative estimate of drug-likeness (QED) is 0.117. The predicted octanol–water partition coefficient (Wildman–Crippen LogP) is 7.25. The molecule has 0 aromatic heterocycles. The topological polar surface area (TPSA) is 93.0 Å². The van der Waals surface area contributed by atoms with Crippen molar-refractivity contribution in [3.63, 3.8) is 0 Å². The Labute approximate surface area is 222 Å². The summed E-state index contributed by atoms with van der Waals surface area (Å²) in [4.78, 5) is 0. The van der Waals surface area contributed by atoms with Gasteiger partial charge >= 0.3 is 0 Å². The van der Waals surface area contributed by atoms with Gasteiger partial charge < -0.3 is 25.7 Å². The zero-order chi connectivity index (χ0) is 26.9. The number of nitrogens with one attached hydrogen (secondary N) is 1. The van der Waals surface area contributed by atoms with Crippen LogP contribution in [0.1, 0.15) is 75.5 Å². The summed E-state index contributed by atoms with van der Waals surface area (Å²) in [7, 11) is 0. The Kier molecular flexibility index (Phi) is 14.1. The number of unbranched alkanes of at least 4 members (excludes halogenated alkanes) is 5. The van der Waals surface area contributed by atoms with Crippen LogP contribution in [0.25, 0.3) is 0 Å². The van der Waals surface area contributed by atoms with Crippen LogP contribution in [0, 0.1) is 0 Å². The SMILES string of the molecule is CC(CCc1ccc(O)cc1)NCCc1ccc(O)c(O)c1.CCCCCCCCc1ccc(O)cc1. The van der Waals surface area contributed by atoms with Gasteiger partial charge in [-0.2, -0.15) is 0 Å². The molecule has 0 fully saturated rings. The first kappa shape index (κ1) is 30.0. The molecule has 0 heterocycles. The third-order valence-corrected chi connectivity index (χ3v) is 6.50. The molecule has 3 aromatic rings. The zero-order valence-corrected chi connectivity index (χ0v) is 22.5. The molecular weight excluding hydrogens is 462 g/mol. The molecule has 3 aromatic carbocycles. The van der Waals surface area contributed by atoms with E-state index in [-0.39, 0.29) is 11.5 Å². The molecule has 3 rings (SSSR count). The molecule has 37 heavy (non-hydrogen) atoms. The summed E-state index contributed by atoms with van der Waals surface area (Å²) >= 11 is 0. The summed E-state index contributed by atoms with van der Waals surface area (Å²) in [6.07, 6.45) is 12.0. The first-order valence-electron chi connectivity index (χ1n) is 13.7. The summed E-state index contributed by atoms with van der Waals surface area (Å²) < 4.78 is 0. The number of benzene rings is 3. The van der Waals surface area contributed by atoms with Gasteiger partial charge in [0.2, 0.25) is 0 Å². The monoisotopic (exact) mass is 507 g/mol. The maximum absolute atomic E-state index is 9.45. The first-order valence-corrected chi connectivity index (χ1v) is 13.7. The van der Waals surface area contributed by atoms with Crippen molar-refractivity contribution in [3.05, 3.63) is 83.4 Å². The van der Waals surface area contributed by atoms with Gasteiger partial charge in [-0.3, -0.25) is 0 Å². The van der Waals surface area contributed by atoms with Crippen LogP contribution in [0.4, 0.5) is 0 Å². The maximum Gasteiger partial charge on any atom is 0.157 e. The van der Waals surface area contributed by atoms with Crippen LogP contribution in [0.2, 0.25) is 0 Å². The smallest absolute Gasteiger partial charge is 0.157 e. The predicted molar refractivity (Wildman–Crippen MR) is 153 cm³/mol. The van der Waals surface area contributed by atoms with Gasteiger partial charge in [0, 0.05) is 6.04 Å². The van der Waals surface area contributed by atoms with Gasteiger partial charge in [-0.25, -0.2) is 0 Å². The van der Waals surface area contributed by atoms with E-state index in [0.29, 0.717) is 17.5 Å². The lowest BCUT2D eigenvalue weighted by molar-refractivity contribution is 0.403. The Morgan fingerprint density at radius 1 is 0.595 bits per heavy atom. The number of hydrogen-bond donors (Lipinski definition) is 5.